The summed E-state index contributed by atoms with van der Waals surface area (Å²) in [6.07, 6.45) is 1.84. The molecular formula is C24H38N4O4S. The van der Waals surface area contributed by atoms with Gasteiger partial charge in [0.1, 0.15) is 5.82 Å². The van der Waals surface area contributed by atoms with Gasteiger partial charge < -0.3 is 14.2 Å². The molecule has 0 radical (unpaired) electrons. The molecule has 0 atom stereocenters. The van der Waals surface area contributed by atoms with Gasteiger partial charge in [-0.1, -0.05) is 20.8 Å². The Kier molecular flexibility index (Phi) is 8.53. The summed E-state index contributed by atoms with van der Waals surface area (Å²) in [5.74, 6) is 1.37. The van der Waals surface area contributed by atoms with Crippen molar-refractivity contribution in [2.45, 2.75) is 71.4 Å². The highest BCUT2D eigenvalue weighted by molar-refractivity contribution is 7.89. The molecule has 0 spiro atoms. The van der Waals surface area contributed by atoms with Crippen molar-refractivity contribution in [3.63, 3.8) is 0 Å². The summed E-state index contributed by atoms with van der Waals surface area (Å²) in [6.45, 7) is 13.5. The molecule has 184 valence electrons. The van der Waals surface area contributed by atoms with E-state index in [9.17, 15) is 13.2 Å². The number of benzene rings is 1. The van der Waals surface area contributed by atoms with Crippen molar-refractivity contribution in [3.8, 4) is 0 Å². The topological polar surface area (TPSA) is 84.7 Å². The molecule has 2 heterocycles. The van der Waals surface area contributed by atoms with Crippen LogP contribution in [0.2, 0.25) is 0 Å². The fourth-order valence-corrected chi connectivity index (χ4v) is 5.70. The molecule has 1 aliphatic heterocycles. The van der Waals surface area contributed by atoms with E-state index in [2.05, 4.69) is 25.3 Å². The minimum absolute atomic E-state index is 0.129. The second-order valence-corrected chi connectivity index (χ2v) is 11.3. The normalized spacial score (nSPS) is 15.6. The first-order chi connectivity index (χ1) is 15.6. The second-order valence-electron chi connectivity index (χ2n) is 9.38. The molecule has 0 bridgehead atoms. The third kappa shape index (κ3) is 5.94. The molecule has 0 saturated carbocycles. The average Bonchev–Trinajstić information content (AvgIpc) is 3.13. The van der Waals surface area contributed by atoms with E-state index in [1.165, 1.54) is 4.31 Å². The van der Waals surface area contributed by atoms with E-state index < -0.39 is 10.0 Å². The predicted molar refractivity (Wildman–Crippen MR) is 130 cm³/mol. The van der Waals surface area contributed by atoms with E-state index in [-0.39, 0.29) is 16.8 Å². The first kappa shape index (κ1) is 25.6. The first-order valence-corrected chi connectivity index (χ1v) is 13.5. The van der Waals surface area contributed by atoms with Crippen LogP contribution in [-0.4, -0.2) is 72.0 Å². The molecular weight excluding hydrogens is 440 g/mol. The van der Waals surface area contributed by atoms with Crippen LogP contribution in [0.15, 0.2) is 23.1 Å². The number of ether oxygens (including phenoxy) is 1. The molecule has 33 heavy (non-hydrogen) atoms. The Labute approximate surface area is 198 Å². The Hall–Kier alpha value is -1.97. The van der Waals surface area contributed by atoms with Gasteiger partial charge in [0, 0.05) is 45.1 Å². The molecule has 1 amide bonds. The molecule has 0 aliphatic carbocycles. The van der Waals surface area contributed by atoms with Gasteiger partial charge in [-0.3, -0.25) is 4.79 Å². The van der Waals surface area contributed by atoms with Crippen LogP contribution in [-0.2, 0) is 32.5 Å². The summed E-state index contributed by atoms with van der Waals surface area (Å²) in [5, 5.41) is 0. The van der Waals surface area contributed by atoms with E-state index in [4.69, 9.17) is 9.72 Å². The van der Waals surface area contributed by atoms with E-state index in [0.717, 1.165) is 30.9 Å². The number of nitrogens with zero attached hydrogens (tertiary/aromatic N) is 4. The summed E-state index contributed by atoms with van der Waals surface area (Å²) in [7, 11) is -3.58. The van der Waals surface area contributed by atoms with Gasteiger partial charge in [-0.15, -0.1) is 0 Å². The Morgan fingerprint density at radius 2 is 1.88 bits per heavy atom. The van der Waals surface area contributed by atoms with Crippen molar-refractivity contribution in [2.24, 2.45) is 5.92 Å². The quantitative estimate of drug-likeness (QED) is 0.523. The lowest BCUT2D eigenvalue weighted by Gasteiger charge is -2.28. The third-order valence-corrected chi connectivity index (χ3v) is 7.82. The van der Waals surface area contributed by atoms with Crippen molar-refractivity contribution in [2.75, 3.05) is 32.8 Å². The minimum atomic E-state index is -3.58. The number of aryl methyl sites for hydroxylation is 2. The zero-order valence-corrected chi connectivity index (χ0v) is 21.4. The third-order valence-electron chi connectivity index (χ3n) is 5.92. The maximum absolute atomic E-state index is 13.1. The van der Waals surface area contributed by atoms with Crippen LogP contribution in [0.1, 0.15) is 53.3 Å². The number of carbonyl (C=O) groups is 1. The summed E-state index contributed by atoms with van der Waals surface area (Å²) in [4.78, 5) is 19.9. The number of morpholine rings is 1. The number of sulfonamides is 1. The van der Waals surface area contributed by atoms with Gasteiger partial charge in [0.25, 0.3) is 0 Å². The zero-order chi connectivity index (χ0) is 24.2. The number of aromatic nitrogens is 2. The highest BCUT2D eigenvalue weighted by Crippen LogP contribution is 2.24. The largest absolute Gasteiger partial charge is 0.379 e. The molecule has 0 N–H and O–H groups in total. The summed E-state index contributed by atoms with van der Waals surface area (Å²) >= 11 is 0. The van der Waals surface area contributed by atoms with Gasteiger partial charge in [-0.05, 0) is 44.4 Å². The van der Waals surface area contributed by atoms with E-state index in [0.29, 0.717) is 50.6 Å². The SMILES string of the molecule is CCCn1c(CCC(=O)N(CC(C)C)C(C)C)nc2cc(S(=O)(=O)N3CCOCC3)ccc21. The lowest BCUT2D eigenvalue weighted by Crippen LogP contribution is -2.40. The standard InChI is InChI=1S/C24H38N4O4S/c1-6-11-27-22-8-7-20(33(30,31)26-12-14-32-15-13-26)16-21(22)25-23(27)9-10-24(29)28(19(4)5)17-18(2)3/h7-8,16,18-19H,6,9-15,17H2,1-5H3. The van der Waals surface area contributed by atoms with Crippen molar-refractivity contribution in [1.29, 1.82) is 0 Å². The number of rotatable bonds is 10. The lowest BCUT2D eigenvalue weighted by molar-refractivity contribution is -0.133. The molecule has 9 heteroatoms. The maximum Gasteiger partial charge on any atom is 0.243 e. The number of amides is 1. The Morgan fingerprint density at radius 1 is 1.18 bits per heavy atom. The van der Waals surface area contributed by atoms with Crippen molar-refractivity contribution >= 4 is 27.0 Å². The minimum Gasteiger partial charge on any atom is -0.379 e. The summed E-state index contributed by atoms with van der Waals surface area (Å²) in [5.41, 5.74) is 1.56. The Balaban J connectivity index is 1.86. The van der Waals surface area contributed by atoms with Crippen LogP contribution < -0.4 is 0 Å². The number of fused-ring (bicyclic) bond motifs is 1. The molecule has 1 saturated heterocycles. The number of imidazole rings is 1. The monoisotopic (exact) mass is 478 g/mol. The molecule has 1 aromatic carbocycles. The van der Waals surface area contributed by atoms with Gasteiger partial charge in [0.15, 0.2) is 0 Å². The number of carbonyl (C=O) groups excluding carboxylic acids is 1. The van der Waals surface area contributed by atoms with Crippen LogP contribution in [0.5, 0.6) is 0 Å². The summed E-state index contributed by atoms with van der Waals surface area (Å²) < 4.78 is 35.0. The molecule has 3 rings (SSSR count). The van der Waals surface area contributed by atoms with Crippen LogP contribution in [0, 0.1) is 5.92 Å². The van der Waals surface area contributed by atoms with Gasteiger partial charge in [0.05, 0.1) is 29.1 Å². The lowest BCUT2D eigenvalue weighted by atomic mass is 10.1. The smallest absolute Gasteiger partial charge is 0.243 e. The van der Waals surface area contributed by atoms with E-state index in [1.54, 1.807) is 12.1 Å². The van der Waals surface area contributed by atoms with Crippen molar-refractivity contribution in [1.82, 2.24) is 18.8 Å². The maximum atomic E-state index is 13.1. The fraction of sp³-hybridized carbons (Fsp3) is 0.667. The van der Waals surface area contributed by atoms with Gasteiger partial charge >= 0.3 is 0 Å². The summed E-state index contributed by atoms with van der Waals surface area (Å²) in [6, 6.07) is 5.33. The molecule has 0 unspecified atom stereocenters. The van der Waals surface area contributed by atoms with E-state index >= 15 is 0 Å². The first-order valence-electron chi connectivity index (χ1n) is 12.0. The molecule has 8 nitrogen and oxygen atoms in total. The molecule has 1 fully saturated rings. The van der Waals surface area contributed by atoms with Crippen molar-refractivity contribution < 1.29 is 17.9 Å². The van der Waals surface area contributed by atoms with E-state index in [1.807, 2.05) is 24.8 Å². The average molecular weight is 479 g/mol. The van der Waals surface area contributed by atoms with Gasteiger partial charge in [-0.25, -0.2) is 13.4 Å². The Bertz CT molecular complexity index is 1060. The molecule has 1 aromatic heterocycles. The van der Waals surface area contributed by atoms with Crippen LogP contribution >= 0.6 is 0 Å². The van der Waals surface area contributed by atoms with Crippen LogP contribution in [0.4, 0.5) is 0 Å². The number of hydrogen-bond donors (Lipinski definition) is 0. The highest BCUT2D eigenvalue weighted by atomic mass is 32.2. The Morgan fingerprint density at radius 3 is 2.48 bits per heavy atom. The number of hydrogen-bond acceptors (Lipinski definition) is 5. The zero-order valence-electron chi connectivity index (χ0n) is 20.6. The molecule has 2 aromatic rings. The predicted octanol–water partition coefficient (Wildman–Crippen LogP) is 3.29. The highest BCUT2D eigenvalue weighted by Gasteiger charge is 2.27. The van der Waals surface area contributed by atoms with Crippen molar-refractivity contribution in [3.05, 3.63) is 24.0 Å². The van der Waals surface area contributed by atoms with Gasteiger partial charge in [0.2, 0.25) is 15.9 Å². The van der Waals surface area contributed by atoms with Crippen LogP contribution in [0.25, 0.3) is 11.0 Å². The van der Waals surface area contributed by atoms with Gasteiger partial charge in [-0.2, -0.15) is 4.31 Å². The fourth-order valence-electron chi connectivity index (χ4n) is 4.28. The molecule has 1 aliphatic rings. The van der Waals surface area contributed by atoms with Crippen LogP contribution in [0.3, 0.4) is 0 Å². The second kappa shape index (κ2) is 11.0.